The monoisotopic (exact) mass is 283 g/mol. The summed E-state index contributed by atoms with van der Waals surface area (Å²) in [5.74, 6) is 3.55. The van der Waals surface area contributed by atoms with Crippen LogP contribution in [0.2, 0.25) is 0 Å². The molecule has 19 heavy (non-hydrogen) atoms. The fourth-order valence-corrected chi connectivity index (χ4v) is 5.04. The fourth-order valence-electron chi connectivity index (χ4n) is 3.80. The Bertz CT molecular complexity index is 317. The number of nitrogens with one attached hydrogen (secondary N) is 1. The summed E-state index contributed by atoms with van der Waals surface area (Å²) in [6.45, 7) is 2.83. The second kappa shape index (κ2) is 6.15. The van der Waals surface area contributed by atoms with E-state index in [-0.39, 0.29) is 11.5 Å². The zero-order chi connectivity index (χ0) is 13.1. The van der Waals surface area contributed by atoms with Gasteiger partial charge in [0.25, 0.3) is 0 Å². The Morgan fingerprint density at radius 3 is 2.58 bits per heavy atom. The van der Waals surface area contributed by atoms with Gasteiger partial charge in [-0.2, -0.15) is 11.8 Å². The Labute approximate surface area is 120 Å². The topological polar surface area (TPSA) is 38.3 Å². The van der Waals surface area contributed by atoms with Crippen molar-refractivity contribution in [3.63, 3.8) is 0 Å². The first-order valence-corrected chi connectivity index (χ1v) is 8.91. The van der Waals surface area contributed by atoms with Gasteiger partial charge in [0.2, 0.25) is 0 Å². The van der Waals surface area contributed by atoms with Crippen molar-refractivity contribution in [2.45, 2.75) is 44.1 Å². The highest BCUT2D eigenvalue weighted by Gasteiger charge is 2.42. The van der Waals surface area contributed by atoms with E-state index in [1.165, 1.54) is 11.5 Å². The van der Waals surface area contributed by atoms with E-state index in [1.54, 1.807) is 0 Å². The van der Waals surface area contributed by atoms with E-state index in [4.69, 9.17) is 4.74 Å². The molecule has 3 rings (SSSR count). The van der Waals surface area contributed by atoms with Crippen LogP contribution >= 0.6 is 11.8 Å². The van der Waals surface area contributed by atoms with Gasteiger partial charge in [-0.15, -0.1) is 0 Å². The van der Waals surface area contributed by atoms with Gasteiger partial charge in [-0.05, 0) is 63.1 Å². The molecule has 3 nitrogen and oxygen atoms in total. The number of piperidine rings is 1. The van der Waals surface area contributed by atoms with Crippen LogP contribution in [0.5, 0.6) is 0 Å². The number of ketones is 1. The summed E-state index contributed by atoms with van der Waals surface area (Å²) < 4.78 is 6.10. The highest BCUT2D eigenvalue weighted by atomic mass is 32.2. The van der Waals surface area contributed by atoms with Crippen LogP contribution in [0.25, 0.3) is 0 Å². The third-order valence-corrected chi connectivity index (χ3v) is 6.03. The number of carbonyl (C=O) groups is 1. The first-order valence-electron chi connectivity index (χ1n) is 7.75. The summed E-state index contributed by atoms with van der Waals surface area (Å²) in [5, 5.41) is 3.35. The third-order valence-electron chi connectivity index (χ3n) is 5.04. The summed E-state index contributed by atoms with van der Waals surface area (Å²) in [6.07, 6.45) is 6.33. The molecule has 0 amide bonds. The zero-order valence-corrected chi connectivity index (χ0v) is 12.5. The molecule has 0 saturated carbocycles. The van der Waals surface area contributed by atoms with Gasteiger partial charge in [0, 0.05) is 18.4 Å². The Morgan fingerprint density at radius 1 is 1.11 bits per heavy atom. The second-order valence-electron chi connectivity index (χ2n) is 6.26. The summed E-state index contributed by atoms with van der Waals surface area (Å²) >= 11 is 2.03. The molecule has 3 heterocycles. The van der Waals surface area contributed by atoms with Crippen molar-refractivity contribution < 1.29 is 9.53 Å². The minimum absolute atomic E-state index is 0.0523. The van der Waals surface area contributed by atoms with Gasteiger partial charge >= 0.3 is 0 Å². The van der Waals surface area contributed by atoms with Crippen LogP contribution in [0.4, 0.5) is 0 Å². The molecular formula is C15H25NO2S. The molecule has 1 unspecified atom stereocenters. The van der Waals surface area contributed by atoms with E-state index in [2.05, 4.69) is 5.32 Å². The van der Waals surface area contributed by atoms with Crippen molar-refractivity contribution in [2.75, 3.05) is 31.2 Å². The number of hydrogen-bond donors (Lipinski definition) is 1. The minimum Gasteiger partial charge on any atom is -0.375 e. The summed E-state index contributed by atoms with van der Waals surface area (Å²) in [4.78, 5) is 12.7. The largest absolute Gasteiger partial charge is 0.375 e. The molecule has 0 radical (unpaired) electrons. The first kappa shape index (κ1) is 13.9. The lowest BCUT2D eigenvalue weighted by molar-refractivity contribution is -0.142. The van der Waals surface area contributed by atoms with Crippen LogP contribution in [-0.2, 0) is 9.53 Å². The van der Waals surface area contributed by atoms with E-state index in [9.17, 15) is 4.79 Å². The quantitative estimate of drug-likeness (QED) is 0.843. The number of ether oxygens (including phenoxy) is 1. The van der Waals surface area contributed by atoms with Gasteiger partial charge in [-0.25, -0.2) is 0 Å². The first-order chi connectivity index (χ1) is 9.29. The predicted octanol–water partition coefficient (Wildman–Crippen LogP) is 2.25. The molecule has 108 valence electrons. The molecule has 1 N–H and O–H groups in total. The molecule has 1 atom stereocenters. The fraction of sp³-hybridized carbons (Fsp3) is 0.933. The lowest BCUT2D eigenvalue weighted by atomic mass is 9.76. The molecule has 0 aromatic rings. The van der Waals surface area contributed by atoms with Gasteiger partial charge in [-0.3, -0.25) is 4.79 Å². The molecule has 1 spiro atoms. The average molecular weight is 283 g/mol. The summed E-state index contributed by atoms with van der Waals surface area (Å²) in [5.41, 5.74) is 0.0523. The summed E-state index contributed by atoms with van der Waals surface area (Å²) in [7, 11) is 0. The number of thioether (sulfide) groups is 1. The van der Waals surface area contributed by atoms with Gasteiger partial charge in [0.05, 0.1) is 5.60 Å². The molecule has 3 aliphatic heterocycles. The average Bonchev–Trinajstić information content (AvgIpc) is 2.48. The number of carbonyl (C=O) groups excluding carboxylic acids is 1. The van der Waals surface area contributed by atoms with Crippen molar-refractivity contribution >= 4 is 17.5 Å². The van der Waals surface area contributed by atoms with Gasteiger partial charge in [0.1, 0.15) is 5.78 Å². The molecule has 0 bridgehead atoms. The molecule has 0 aromatic carbocycles. The number of Topliss-reactive ketones (excluding diaryl/α,β-unsaturated/α-hetero) is 1. The van der Waals surface area contributed by atoms with Gasteiger partial charge in [0.15, 0.2) is 0 Å². The minimum atomic E-state index is 0.0523. The Balaban J connectivity index is 1.62. The molecule has 3 aliphatic rings. The maximum Gasteiger partial charge on any atom is 0.139 e. The Morgan fingerprint density at radius 2 is 1.84 bits per heavy atom. The normalized spacial score (nSPS) is 32.3. The van der Waals surface area contributed by atoms with Crippen molar-refractivity contribution in [1.82, 2.24) is 5.32 Å². The van der Waals surface area contributed by atoms with Crippen LogP contribution in [0, 0.1) is 11.8 Å². The lowest BCUT2D eigenvalue weighted by Gasteiger charge is -2.43. The van der Waals surface area contributed by atoms with Crippen molar-refractivity contribution in [2.24, 2.45) is 11.8 Å². The van der Waals surface area contributed by atoms with Gasteiger partial charge < -0.3 is 10.1 Å². The number of hydrogen-bond acceptors (Lipinski definition) is 4. The third kappa shape index (κ3) is 3.17. The highest BCUT2D eigenvalue weighted by Crippen LogP contribution is 2.41. The van der Waals surface area contributed by atoms with E-state index in [0.717, 1.165) is 58.2 Å². The van der Waals surface area contributed by atoms with Crippen LogP contribution in [0.3, 0.4) is 0 Å². The van der Waals surface area contributed by atoms with Crippen molar-refractivity contribution in [3.8, 4) is 0 Å². The number of rotatable bonds is 2. The standard InChI is InChI=1S/C15H25NO2S/c17-14(12-1-6-16-7-2-12)13-3-8-18-15(11-13)4-9-19-10-5-15/h12-13,16H,1-11H2. The second-order valence-corrected chi connectivity index (χ2v) is 7.48. The maximum atomic E-state index is 12.7. The maximum absolute atomic E-state index is 12.7. The smallest absolute Gasteiger partial charge is 0.139 e. The van der Waals surface area contributed by atoms with Crippen LogP contribution in [-0.4, -0.2) is 42.6 Å². The zero-order valence-electron chi connectivity index (χ0n) is 11.7. The summed E-state index contributed by atoms with van der Waals surface area (Å²) in [6, 6.07) is 0. The van der Waals surface area contributed by atoms with E-state index >= 15 is 0 Å². The van der Waals surface area contributed by atoms with Crippen LogP contribution in [0.15, 0.2) is 0 Å². The SMILES string of the molecule is O=C(C1CCNCC1)C1CCOC2(CCSCC2)C1. The molecule has 0 aromatic heterocycles. The highest BCUT2D eigenvalue weighted by molar-refractivity contribution is 7.99. The molecule has 4 heteroatoms. The van der Waals surface area contributed by atoms with E-state index in [0.29, 0.717) is 11.7 Å². The van der Waals surface area contributed by atoms with Crippen molar-refractivity contribution in [3.05, 3.63) is 0 Å². The molecule has 0 aliphatic carbocycles. The predicted molar refractivity (Wildman–Crippen MR) is 78.6 cm³/mol. The van der Waals surface area contributed by atoms with E-state index in [1.807, 2.05) is 11.8 Å². The van der Waals surface area contributed by atoms with Crippen LogP contribution < -0.4 is 5.32 Å². The lowest BCUT2D eigenvalue weighted by Crippen LogP contribution is -2.46. The molecular weight excluding hydrogens is 258 g/mol. The molecule has 3 saturated heterocycles. The van der Waals surface area contributed by atoms with Gasteiger partial charge in [-0.1, -0.05) is 0 Å². The Kier molecular flexibility index (Phi) is 4.50. The van der Waals surface area contributed by atoms with Crippen LogP contribution in [0.1, 0.15) is 38.5 Å². The molecule has 3 fully saturated rings. The van der Waals surface area contributed by atoms with Crippen molar-refractivity contribution in [1.29, 1.82) is 0 Å². The Hall–Kier alpha value is -0.0600. The van der Waals surface area contributed by atoms with E-state index < -0.39 is 0 Å².